The highest BCUT2D eigenvalue weighted by Crippen LogP contribution is 2.78. The maximum atomic E-state index is 14.2. The fourth-order valence-electron chi connectivity index (χ4n) is 13.1. The van der Waals surface area contributed by atoms with E-state index in [9.17, 15) is 13.6 Å². The Hall–Kier alpha value is -1.95. The number of allylic oxidation sites excluding steroid dienone is 1. The summed E-state index contributed by atoms with van der Waals surface area (Å²) in [5, 5.41) is 0. The number of hydrogen-bond donors (Lipinski definition) is 0. The molecule has 1 aromatic rings. The number of halogens is 2. The van der Waals surface area contributed by atoms with E-state index < -0.39 is 12.0 Å². The molecule has 9 atom stereocenters. The van der Waals surface area contributed by atoms with Crippen molar-refractivity contribution in [3.8, 4) is 11.5 Å². The number of hydrogen-bond acceptors (Lipinski definition) is 4. The number of methoxy groups -OCH3 is 1. The molecule has 1 heterocycles. The largest absolute Gasteiger partial charge is 0.493 e. The Morgan fingerprint density at radius 1 is 0.889 bits per heavy atom. The van der Waals surface area contributed by atoms with Crippen LogP contribution in [0.3, 0.4) is 0 Å². The van der Waals surface area contributed by atoms with Crippen LogP contribution in [0, 0.1) is 56.2 Å². The van der Waals surface area contributed by atoms with Crippen molar-refractivity contribution in [3.05, 3.63) is 29.3 Å². The second-order valence-corrected chi connectivity index (χ2v) is 18.0. The van der Waals surface area contributed by atoms with Gasteiger partial charge in [0, 0.05) is 5.41 Å². The first-order valence-corrected chi connectivity index (χ1v) is 17.5. The van der Waals surface area contributed by atoms with Gasteiger partial charge >= 0.3 is 6.61 Å². The lowest BCUT2D eigenvalue weighted by Crippen LogP contribution is -2.67. The van der Waals surface area contributed by atoms with Crippen molar-refractivity contribution in [1.29, 1.82) is 0 Å². The average molecular weight is 625 g/mol. The summed E-state index contributed by atoms with van der Waals surface area (Å²) in [5.41, 5.74) is 2.20. The molecule has 0 N–H and O–H groups in total. The number of benzene rings is 1. The zero-order valence-corrected chi connectivity index (χ0v) is 28.7. The van der Waals surface area contributed by atoms with Gasteiger partial charge in [0.25, 0.3) is 0 Å². The minimum atomic E-state index is -2.93. The van der Waals surface area contributed by atoms with Gasteiger partial charge in [0.2, 0.25) is 0 Å². The molecule has 0 amide bonds. The van der Waals surface area contributed by atoms with Gasteiger partial charge < -0.3 is 14.2 Å². The predicted molar refractivity (Wildman–Crippen MR) is 172 cm³/mol. The Labute approximate surface area is 269 Å². The zero-order chi connectivity index (χ0) is 32.4. The molecule has 1 aromatic carbocycles. The number of ketones is 1. The molecule has 5 saturated carbocycles. The van der Waals surface area contributed by atoms with Crippen LogP contribution in [0.5, 0.6) is 11.5 Å². The van der Waals surface area contributed by atoms with E-state index in [-0.39, 0.29) is 38.9 Å². The third-order valence-corrected chi connectivity index (χ3v) is 15.5. The molecule has 4 nitrogen and oxygen atoms in total. The molecule has 6 aliphatic rings. The summed E-state index contributed by atoms with van der Waals surface area (Å²) in [6, 6.07) is 4.97. The first kappa shape index (κ1) is 31.6. The molecular weight excluding hydrogens is 570 g/mol. The van der Waals surface area contributed by atoms with Crippen LogP contribution in [0.15, 0.2) is 23.8 Å². The molecule has 0 aromatic heterocycles. The van der Waals surface area contributed by atoms with E-state index in [0.717, 1.165) is 30.6 Å². The summed E-state index contributed by atoms with van der Waals surface area (Å²) in [4.78, 5) is 14.2. The molecular formula is C39H54F2O4. The second-order valence-electron chi connectivity index (χ2n) is 18.0. The standard InChI is InChI=1S/C39H54F2O4/c1-34(2)15-17-39-18-16-37(6)25(30(39)32(34)44-22-39)10-12-29-36(5)21-24(31(42)35(3,4)28(36)13-14-38(29,37)7)19-23-9-11-26(45-33(40)41)27(20-23)43-8/h9,11,19-20,25,28-30,32-33H,10,12-18,21-22H2,1-8H3/b24-19+/t25-,28+,29+,30-,32+,36-,37+,38+,39+/m0/s1. The lowest BCUT2D eigenvalue weighted by Gasteiger charge is -2.73. The van der Waals surface area contributed by atoms with Crippen molar-refractivity contribution in [2.24, 2.45) is 56.2 Å². The Morgan fingerprint density at radius 3 is 2.33 bits per heavy atom. The summed E-state index contributed by atoms with van der Waals surface area (Å²) in [5.74, 6) is 2.67. The summed E-state index contributed by atoms with van der Waals surface area (Å²) >= 11 is 0. The van der Waals surface area contributed by atoms with Gasteiger partial charge in [0.1, 0.15) is 0 Å². The quantitative estimate of drug-likeness (QED) is 0.313. The van der Waals surface area contributed by atoms with Crippen LogP contribution in [0.1, 0.15) is 112 Å². The van der Waals surface area contributed by atoms with Crippen molar-refractivity contribution in [2.45, 2.75) is 119 Å². The van der Waals surface area contributed by atoms with Crippen LogP contribution in [0.4, 0.5) is 8.78 Å². The zero-order valence-electron chi connectivity index (χ0n) is 28.7. The Balaban J connectivity index is 1.25. The number of carbonyl (C=O) groups excluding carboxylic acids is 1. The molecule has 6 fully saturated rings. The Bertz CT molecular complexity index is 1420. The Morgan fingerprint density at radius 2 is 1.62 bits per heavy atom. The summed E-state index contributed by atoms with van der Waals surface area (Å²) < 4.78 is 42.7. The minimum Gasteiger partial charge on any atom is -0.493 e. The predicted octanol–water partition coefficient (Wildman–Crippen LogP) is 9.75. The monoisotopic (exact) mass is 624 g/mol. The van der Waals surface area contributed by atoms with Gasteiger partial charge in [-0.05, 0) is 138 Å². The van der Waals surface area contributed by atoms with E-state index in [1.807, 2.05) is 6.08 Å². The van der Waals surface area contributed by atoms with Crippen molar-refractivity contribution < 1.29 is 27.8 Å². The number of Topliss-reactive ketones (excluding diaryl/α,β-unsaturated/α-hetero) is 1. The van der Waals surface area contributed by atoms with Gasteiger partial charge in [-0.25, -0.2) is 0 Å². The number of ether oxygens (including phenoxy) is 3. The van der Waals surface area contributed by atoms with Crippen molar-refractivity contribution in [3.63, 3.8) is 0 Å². The van der Waals surface area contributed by atoms with Crippen molar-refractivity contribution in [1.82, 2.24) is 0 Å². The molecule has 0 unspecified atom stereocenters. The van der Waals surface area contributed by atoms with Crippen LogP contribution < -0.4 is 9.47 Å². The minimum absolute atomic E-state index is 0.000482. The van der Waals surface area contributed by atoms with Gasteiger partial charge in [0.15, 0.2) is 17.3 Å². The molecule has 5 aliphatic carbocycles. The van der Waals surface area contributed by atoms with Crippen molar-refractivity contribution >= 4 is 11.9 Å². The number of fused-ring (bicyclic) bond motifs is 5. The van der Waals surface area contributed by atoms with E-state index in [1.165, 1.54) is 58.1 Å². The fraction of sp³-hybridized carbons (Fsp3) is 0.769. The molecule has 1 aliphatic heterocycles. The highest BCUT2D eigenvalue weighted by molar-refractivity contribution is 6.04. The summed E-state index contributed by atoms with van der Waals surface area (Å²) in [7, 11) is 1.45. The topological polar surface area (TPSA) is 44.8 Å². The first-order valence-electron chi connectivity index (χ1n) is 17.5. The molecule has 7 rings (SSSR count). The normalized spacial score (nSPS) is 45.4. The number of carbonyl (C=O) groups is 1. The molecule has 1 saturated heterocycles. The second kappa shape index (κ2) is 10.0. The van der Waals surface area contributed by atoms with Gasteiger partial charge in [-0.15, -0.1) is 0 Å². The Kier molecular flexibility index (Phi) is 7.05. The van der Waals surface area contributed by atoms with Crippen molar-refractivity contribution in [2.75, 3.05) is 13.7 Å². The lowest BCUT2D eigenvalue weighted by atomic mass is 9.31. The molecule has 2 bridgehead atoms. The molecule has 6 heteroatoms. The maximum Gasteiger partial charge on any atom is 0.387 e. The van der Waals surface area contributed by atoms with Crippen LogP contribution in [0.25, 0.3) is 6.08 Å². The van der Waals surface area contributed by atoms with E-state index in [0.29, 0.717) is 35.2 Å². The van der Waals surface area contributed by atoms with Gasteiger partial charge in [-0.2, -0.15) is 8.78 Å². The lowest BCUT2D eigenvalue weighted by molar-refractivity contribution is -0.236. The molecule has 0 spiro atoms. The highest BCUT2D eigenvalue weighted by Gasteiger charge is 2.73. The number of alkyl halides is 2. The SMILES string of the molecule is COc1cc(/C=C2\C[C@@]3(C)[C@H](CC[C@]4(C)[C@@H]3CC[C@H]3[C@H]5[C@H]6OC[C@@]5(CCC6(C)C)CC[C@]34C)C(C)(C)C2=O)ccc1OC(F)F. The van der Waals surface area contributed by atoms with Crippen LogP contribution in [0.2, 0.25) is 0 Å². The first-order chi connectivity index (χ1) is 21.0. The van der Waals surface area contributed by atoms with E-state index in [4.69, 9.17) is 9.47 Å². The molecule has 45 heavy (non-hydrogen) atoms. The van der Waals surface area contributed by atoms with Gasteiger partial charge in [-0.3, -0.25) is 4.79 Å². The fourth-order valence-corrected chi connectivity index (χ4v) is 13.1. The maximum absolute atomic E-state index is 14.2. The smallest absolute Gasteiger partial charge is 0.387 e. The third kappa shape index (κ3) is 4.25. The van der Waals surface area contributed by atoms with Gasteiger partial charge in [-0.1, -0.05) is 54.5 Å². The summed E-state index contributed by atoms with van der Waals surface area (Å²) in [6.45, 7) is 15.1. The van der Waals surface area contributed by atoms with Crippen LogP contribution in [-0.2, 0) is 9.53 Å². The average Bonchev–Trinajstić information content (AvgIpc) is 3.30. The van der Waals surface area contributed by atoms with Crippen LogP contribution >= 0.6 is 0 Å². The number of rotatable bonds is 4. The van der Waals surface area contributed by atoms with Crippen LogP contribution in [-0.4, -0.2) is 32.2 Å². The van der Waals surface area contributed by atoms with E-state index in [2.05, 4.69) is 53.2 Å². The highest BCUT2D eigenvalue weighted by atomic mass is 19.3. The van der Waals surface area contributed by atoms with Gasteiger partial charge in [0.05, 0.1) is 19.8 Å². The summed E-state index contributed by atoms with van der Waals surface area (Å²) in [6.07, 6.45) is 13.1. The molecule has 248 valence electrons. The van der Waals surface area contributed by atoms with E-state index >= 15 is 0 Å². The third-order valence-electron chi connectivity index (χ3n) is 15.5. The molecule has 0 radical (unpaired) electrons. The van der Waals surface area contributed by atoms with E-state index in [1.54, 1.807) is 12.1 Å².